The first-order chi connectivity index (χ1) is 12.4. The number of carbonyl (C=O) groups excluding carboxylic acids is 1. The minimum Gasteiger partial charge on any atom is -0.345 e. The molecule has 7 nitrogen and oxygen atoms in total. The molecule has 0 bridgehead atoms. The van der Waals surface area contributed by atoms with E-state index >= 15 is 0 Å². The van der Waals surface area contributed by atoms with E-state index in [0.29, 0.717) is 18.8 Å². The highest BCUT2D eigenvalue weighted by molar-refractivity contribution is 7.89. The second-order valence-corrected chi connectivity index (χ2v) is 8.52. The van der Waals surface area contributed by atoms with Gasteiger partial charge in [-0.1, -0.05) is 12.5 Å². The van der Waals surface area contributed by atoms with Crippen LogP contribution in [0.3, 0.4) is 0 Å². The number of carbonyl (C=O) groups is 1. The van der Waals surface area contributed by atoms with Gasteiger partial charge in [0, 0.05) is 32.5 Å². The third kappa shape index (κ3) is 3.81. The monoisotopic (exact) mass is 376 g/mol. The highest BCUT2D eigenvalue weighted by Crippen LogP contribution is 2.22. The van der Waals surface area contributed by atoms with Crippen molar-refractivity contribution in [3.05, 3.63) is 48.0 Å². The molecule has 0 radical (unpaired) electrons. The fraction of sp³-hybridized carbons (Fsp3) is 0.444. The van der Waals surface area contributed by atoms with E-state index in [2.05, 4.69) is 10.3 Å². The number of hydrogen-bond donors (Lipinski definition) is 1. The van der Waals surface area contributed by atoms with Gasteiger partial charge in [0.1, 0.15) is 10.6 Å². The van der Waals surface area contributed by atoms with Crippen LogP contribution in [0.15, 0.2) is 41.6 Å². The van der Waals surface area contributed by atoms with Crippen LogP contribution in [0.5, 0.6) is 0 Å². The Morgan fingerprint density at radius 1 is 1.23 bits per heavy atom. The van der Waals surface area contributed by atoms with Crippen molar-refractivity contribution in [1.82, 2.24) is 19.2 Å². The third-order valence-corrected chi connectivity index (χ3v) is 6.51. The Kier molecular flexibility index (Phi) is 5.43. The van der Waals surface area contributed by atoms with Gasteiger partial charge in [0.15, 0.2) is 0 Å². The van der Waals surface area contributed by atoms with E-state index in [-0.39, 0.29) is 16.8 Å². The second kappa shape index (κ2) is 7.59. The first-order valence-electron chi connectivity index (χ1n) is 8.78. The van der Waals surface area contributed by atoms with Crippen LogP contribution >= 0.6 is 0 Å². The summed E-state index contributed by atoms with van der Waals surface area (Å²) in [6.07, 6.45) is 5.98. The number of amides is 1. The van der Waals surface area contributed by atoms with Crippen molar-refractivity contribution in [2.24, 2.45) is 7.05 Å². The Hall–Kier alpha value is -2.19. The number of aromatic nitrogens is 2. The van der Waals surface area contributed by atoms with Crippen molar-refractivity contribution in [3.8, 4) is 0 Å². The molecule has 1 saturated heterocycles. The van der Waals surface area contributed by atoms with Gasteiger partial charge in [0.05, 0.1) is 11.7 Å². The highest BCUT2D eigenvalue weighted by Gasteiger charge is 2.28. The summed E-state index contributed by atoms with van der Waals surface area (Å²) in [4.78, 5) is 17.0. The van der Waals surface area contributed by atoms with Crippen LogP contribution in [0.4, 0.5) is 0 Å². The van der Waals surface area contributed by atoms with Gasteiger partial charge in [-0.2, -0.15) is 4.31 Å². The number of pyridine rings is 1. The number of piperidine rings is 1. The second-order valence-electron chi connectivity index (χ2n) is 6.59. The maximum Gasteiger partial charge on any atom is 0.268 e. The van der Waals surface area contributed by atoms with Gasteiger partial charge < -0.3 is 9.88 Å². The van der Waals surface area contributed by atoms with Gasteiger partial charge in [0.25, 0.3) is 5.91 Å². The summed E-state index contributed by atoms with van der Waals surface area (Å²) < 4.78 is 28.6. The first-order valence-corrected chi connectivity index (χ1v) is 10.2. The molecule has 8 heteroatoms. The molecule has 140 valence electrons. The van der Waals surface area contributed by atoms with Crippen molar-refractivity contribution < 1.29 is 13.2 Å². The molecule has 1 aliphatic heterocycles. The summed E-state index contributed by atoms with van der Waals surface area (Å²) in [7, 11) is -1.88. The largest absolute Gasteiger partial charge is 0.345 e. The Morgan fingerprint density at radius 3 is 2.62 bits per heavy atom. The lowest BCUT2D eigenvalue weighted by atomic mass is 10.2. The molecule has 0 spiro atoms. The molecule has 1 unspecified atom stereocenters. The molecule has 1 aliphatic rings. The zero-order valence-electron chi connectivity index (χ0n) is 15.1. The van der Waals surface area contributed by atoms with Crippen LogP contribution in [0, 0.1) is 0 Å². The first kappa shape index (κ1) is 18.6. The van der Waals surface area contributed by atoms with Crippen LogP contribution in [0.25, 0.3) is 0 Å². The Labute approximate surface area is 154 Å². The number of nitrogens with one attached hydrogen (secondary N) is 1. The quantitative estimate of drug-likeness (QED) is 0.866. The molecular formula is C18H24N4O3S. The van der Waals surface area contributed by atoms with Crippen molar-refractivity contribution in [3.63, 3.8) is 0 Å². The molecule has 26 heavy (non-hydrogen) atoms. The van der Waals surface area contributed by atoms with Crippen LogP contribution in [0.1, 0.15) is 48.4 Å². The Morgan fingerprint density at radius 2 is 1.96 bits per heavy atom. The molecule has 3 heterocycles. The smallest absolute Gasteiger partial charge is 0.268 e. The fourth-order valence-corrected chi connectivity index (χ4v) is 4.72. The maximum atomic E-state index is 12.8. The van der Waals surface area contributed by atoms with Gasteiger partial charge in [-0.15, -0.1) is 0 Å². The van der Waals surface area contributed by atoms with Crippen LogP contribution in [-0.4, -0.2) is 41.3 Å². The highest BCUT2D eigenvalue weighted by atomic mass is 32.2. The van der Waals surface area contributed by atoms with Crippen molar-refractivity contribution in [2.75, 3.05) is 13.1 Å². The van der Waals surface area contributed by atoms with Crippen LogP contribution in [0.2, 0.25) is 0 Å². The van der Waals surface area contributed by atoms with E-state index < -0.39 is 10.0 Å². The molecule has 1 atom stereocenters. The summed E-state index contributed by atoms with van der Waals surface area (Å²) in [5, 5.41) is 2.87. The topological polar surface area (TPSA) is 84.3 Å². The van der Waals surface area contributed by atoms with Crippen molar-refractivity contribution >= 4 is 15.9 Å². The van der Waals surface area contributed by atoms with Gasteiger partial charge in [-0.25, -0.2) is 8.42 Å². The average molecular weight is 376 g/mol. The predicted molar refractivity (Wildman–Crippen MR) is 98.1 cm³/mol. The molecule has 3 rings (SSSR count). The third-order valence-electron chi connectivity index (χ3n) is 4.64. The molecular weight excluding hydrogens is 352 g/mol. The molecule has 0 aromatic carbocycles. The van der Waals surface area contributed by atoms with E-state index in [0.717, 1.165) is 25.0 Å². The van der Waals surface area contributed by atoms with Gasteiger partial charge in [0.2, 0.25) is 10.0 Å². The molecule has 2 aromatic rings. The van der Waals surface area contributed by atoms with Gasteiger partial charge in [-0.05, 0) is 38.0 Å². The molecule has 2 aromatic heterocycles. The van der Waals surface area contributed by atoms with Crippen LogP contribution in [-0.2, 0) is 17.1 Å². The van der Waals surface area contributed by atoms with E-state index in [1.807, 2.05) is 25.1 Å². The predicted octanol–water partition coefficient (Wildman–Crippen LogP) is 2.09. The molecule has 1 N–H and O–H groups in total. The lowest BCUT2D eigenvalue weighted by molar-refractivity contribution is 0.0931. The van der Waals surface area contributed by atoms with Crippen molar-refractivity contribution in [1.29, 1.82) is 0 Å². The summed E-state index contributed by atoms with van der Waals surface area (Å²) in [5.74, 6) is -0.328. The number of aryl methyl sites for hydroxylation is 1. The van der Waals surface area contributed by atoms with E-state index in [1.54, 1.807) is 17.8 Å². The zero-order valence-corrected chi connectivity index (χ0v) is 15.9. The number of nitrogens with zero attached hydrogens (tertiary/aromatic N) is 3. The lowest BCUT2D eigenvalue weighted by Gasteiger charge is -2.25. The zero-order chi connectivity index (χ0) is 18.7. The molecule has 0 saturated carbocycles. The maximum absolute atomic E-state index is 12.8. The normalized spacial score (nSPS) is 17.0. The number of sulfonamides is 1. The van der Waals surface area contributed by atoms with E-state index in [9.17, 15) is 13.2 Å². The lowest BCUT2D eigenvalue weighted by Crippen LogP contribution is -2.35. The Balaban J connectivity index is 1.78. The average Bonchev–Trinajstić information content (AvgIpc) is 3.06. The summed E-state index contributed by atoms with van der Waals surface area (Å²) >= 11 is 0. The van der Waals surface area contributed by atoms with E-state index in [4.69, 9.17) is 0 Å². The molecule has 0 aliphatic carbocycles. The summed E-state index contributed by atoms with van der Waals surface area (Å²) in [6, 6.07) is 6.68. The standard InChI is InChI=1S/C18H24N4O3S/c1-14(16-8-4-5-9-19-16)20-18(23)17-12-15(13-21(17)2)26(24,25)22-10-6-3-7-11-22/h4-5,8-9,12-14H,3,6-7,10-11H2,1-2H3,(H,20,23). The number of hydrogen-bond acceptors (Lipinski definition) is 4. The van der Waals surface area contributed by atoms with Crippen LogP contribution < -0.4 is 5.32 Å². The molecule has 1 amide bonds. The SMILES string of the molecule is CC(NC(=O)c1cc(S(=O)(=O)N2CCCCC2)cn1C)c1ccccn1. The van der Waals surface area contributed by atoms with E-state index in [1.165, 1.54) is 16.6 Å². The minimum atomic E-state index is -3.56. The van der Waals surface area contributed by atoms with Crippen molar-refractivity contribution in [2.45, 2.75) is 37.1 Å². The number of rotatable bonds is 5. The summed E-state index contributed by atoms with van der Waals surface area (Å²) in [5.41, 5.74) is 1.06. The minimum absolute atomic E-state index is 0.164. The molecule has 1 fully saturated rings. The summed E-state index contributed by atoms with van der Waals surface area (Å²) in [6.45, 7) is 2.92. The Bertz CT molecular complexity index is 871. The van der Waals surface area contributed by atoms with Gasteiger partial charge in [-0.3, -0.25) is 9.78 Å². The van der Waals surface area contributed by atoms with Gasteiger partial charge >= 0.3 is 0 Å². The fourth-order valence-electron chi connectivity index (χ4n) is 3.13.